The molecule has 0 aliphatic heterocycles. The number of allylic oxidation sites excluding steroid dienone is 1. The molecule has 0 spiro atoms. The van der Waals surface area contributed by atoms with E-state index in [1.165, 1.54) is 37.1 Å². The summed E-state index contributed by atoms with van der Waals surface area (Å²) >= 11 is 1.31. The molecule has 1 amide bonds. The predicted octanol–water partition coefficient (Wildman–Crippen LogP) is 3.81. The number of amides is 1. The minimum absolute atomic E-state index is 0.00231. The van der Waals surface area contributed by atoms with E-state index in [1.54, 1.807) is 28.8 Å². The number of thioether (sulfide) groups is 1. The summed E-state index contributed by atoms with van der Waals surface area (Å²) in [6.45, 7) is 4.20. The van der Waals surface area contributed by atoms with E-state index in [0.29, 0.717) is 23.1 Å². The van der Waals surface area contributed by atoms with Crippen LogP contribution in [0.15, 0.2) is 42.1 Å². The average molecular weight is 374 g/mol. The fourth-order valence-electron chi connectivity index (χ4n) is 3.18. The molecule has 2 aromatic rings. The van der Waals surface area contributed by atoms with Crippen LogP contribution in [0.3, 0.4) is 0 Å². The van der Waals surface area contributed by atoms with E-state index in [9.17, 15) is 9.18 Å². The van der Waals surface area contributed by atoms with Crippen molar-refractivity contribution in [2.45, 2.75) is 49.8 Å². The van der Waals surface area contributed by atoms with E-state index >= 15 is 0 Å². The molecule has 0 unspecified atom stereocenters. The first-order valence-corrected chi connectivity index (χ1v) is 9.88. The van der Waals surface area contributed by atoms with Crippen molar-refractivity contribution in [2.75, 3.05) is 5.75 Å². The Labute approximate surface area is 157 Å². The predicted molar refractivity (Wildman–Crippen MR) is 101 cm³/mol. The number of halogens is 1. The molecule has 1 N–H and O–H groups in total. The van der Waals surface area contributed by atoms with Crippen LogP contribution in [-0.4, -0.2) is 32.5 Å². The van der Waals surface area contributed by atoms with Gasteiger partial charge in [-0.2, -0.15) is 0 Å². The molecule has 1 heterocycles. The Kier molecular flexibility index (Phi) is 6.44. The van der Waals surface area contributed by atoms with Crippen LogP contribution in [0.2, 0.25) is 0 Å². The zero-order valence-corrected chi connectivity index (χ0v) is 15.5. The highest BCUT2D eigenvalue weighted by Gasteiger charge is 2.19. The summed E-state index contributed by atoms with van der Waals surface area (Å²) in [6.07, 6.45) is 7.43. The molecule has 1 aliphatic rings. The van der Waals surface area contributed by atoms with Crippen LogP contribution in [-0.2, 0) is 11.3 Å². The van der Waals surface area contributed by atoms with Crippen molar-refractivity contribution in [3.8, 4) is 11.4 Å². The number of nitrogens with zero attached hydrogens (tertiary/aromatic N) is 3. The third-order valence-electron chi connectivity index (χ3n) is 4.45. The van der Waals surface area contributed by atoms with Crippen LogP contribution < -0.4 is 5.32 Å². The van der Waals surface area contributed by atoms with Crippen LogP contribution >= 0.6 is 11.8 Å². The van der Waals surface area contributed by atoms with Gasteiger partial charge in [0.25, 0.3) is 0 Å². The topological polar surface area (TPSA) is 59.8 Å². The first-order valence-electron chi connectivity index (χ1n) is 8.90. The fourth-order valence-corrected chi connectivity index (χ4v) is 3.94. The SMILES string of the molecule is C=CCn1c(SCC(=O)NC2CCCCC2)nnc1-c1ccccc1F. The quantitative estimate of drug-likeness (QED) is 0.591. The number of carbonyl (C=O) groups is 1. The molecule has 0 saturated heterocycles. The number of hydrogen-bond donors (Lipinski definition) is 1. The molecule has 1 saturated carbocycles. The molecular weight excluding hydrogens is 351 g/mol. The Morgan fingerprint density at radius 2 is 2.08 bits per heavy atom. The van der Waals surface area contributed by atoms with E-state index in [2.05, 4.69) is 22.1 Å². The molecule has 5 nitrogen and oxygen atoms in total. The Bertz CT molecular complexity index is 771. The lowest BCUT2D eigenvalue weighted by atomic mass is 9.95. The molecule has 1 aromatic heterocycles. The summed E-state index contributed by atoms with van der Waals surface area (Å²) in [4.78, 5) is 12.2. The van der Waals surface area contributed by atoms with E-state index in [4.69, 9.17) is 0 Å². The largest absolute Gasteiger partial charge is 0.353 e. The van der Waals surface area contributed by atoms with Crippen molar-refractivity contribution >= 4 is 17.7 Å². The van der Waals surface area contributed by atoms with Crippen molar-refractivity contribution in [3.63, 3.8) is 0 Å². The molecule has 0 atom stereocenters. The summed E-state index contributed by atoms with van der Waals surface area (Å²) in [5.74, 6) is 0.362. The lowest BCUT2D eigenvalue weighted by Crippen LogP contribution is -2.37. The van der Waals surface area contributed by atoms with Gasteiger partial charge in [-0.25, -0.2) is 4.39 Å². The van der Waals surface area contributed by atoms with Crippen molar-refractivity contribution in [2.24, 2.45) is 0 Å². The molecule has 1 fully saturated rings. The first kappa shape index (κ1) is 18.6. The van der Waals surface area contributed by atoms with E-state index < -0.39 is 0 Å². The van der Waals surface area contributed by atoms with Gasteiger partial charge in [0, 0.05) is 12.6 Å². The van der Waals surface area contributed by atoms with Gasteiger partial charge in [0.15, 0.2) is 11.0 Å². The van der Waals surface area contributed by atoms with Crippen molar-refractivity contribution in [3.05, 3.63) is 42.7 Å². The lowest BCUT2D eigenvalue weighted by molar-refractivity contribution is -0.119. The maximum atomic E-state index is 14.1. The smallest absolute Gasteiger partial charge is 0.230 e. The van der Waals surface area contributed by atoms with Gasteiger partial charge in [0.1, 0.15) is 5.82 Å². The summed E-state index contributed by atoms with van der Waals surface area (Å²) in [5.41, 5.74) is 0.389. The zero-order chi connectivity index (χ0) is 18.4. The van der Waals surface area contributed by atoms with Gasteiger partial charge >= 0.3 is 0 Å². The van der Waals surface area contributed by atoms with Crippen molar-refractivity contribution in [1.29, 1.82) is 0 Å². The van der Waals surface area contributed by atoms with E-state index in [-0.39, 0.29) is 23.5 Å². The number of carbonyl (C=O) groups excluding carboxylic acids is 1. The minimum Gasteiger partial charge on any atom is -0.353 e. The number of benzene rings is 1. The maximum absolute atomic E-state index is 14.1. The van der Waals surface area contributed by atoms with Gasteiger partial charge in [0.05, 0.1) is 11.3 Å². The second kappa shape index (κ2) is 8.98. The number of hydrogen-bond acceptors (Lipinski definition) is 4. The van der Waals surface area contributed by atoms with Gasteiger partial charge in [0.2, 0.25) is 5.91 Å². The van der Waals surface area contributed by atoms with Gasteiger partial charge in [-0.1, -0.05) is 49.2 Å². The van der Waals surface area contributed by atoms with Crippen LogP contribution in [0.1, 0.15) is 32.1 Å². The second-order valence-corrected chi connectivity index (χ2v) is 7.32. The highest BCUT2D eigenvalue weighted by molar-refractivity contribution is 7.99. The standard InChI is InChI=1S/C19H23FN4OS/c1-2-12-24-18(15-10-6-7-11-16(15)20)22-23-19(24)26-13-17(25)21-14-8-4-3-5-9-14/h2,6-7,10-11,14H,1,3-5,8-9,12-13H2,(H,21,25). The molecule has 138 valence electrons. The summed E-state index contributed by atoms with van der Waals surface area (Å²) in [6, 6.07) is 6.75. The number of rotatable bonds is 7. The Hall–Kier alpha value is -2.15. The van der Waals surface area contributed by atoms with Gasteiger partial charge in [-0.05, 0) is 25.0 Å². The van der Waals surface area contributed by atoms with E-state index in [1.807, 2.05) is 0 Å². The van der Waals surface area contributed by atoms with Gasteiger partial charge in [-0.3, -0.25) is 9.36 Å². The highest BCUT2D eigenvalue weighted by Crippen LogP contribution is 2.26. The molecule has 1 aliphatic carbocycles. The minimum atomic E-state index is -0.350. The second-order valence-electron chi connectivity index (χ2n) is 6.38. The number of aromatic nitrogens is 3. The summed E-state index contributed by atoms with van der Waals surface area (Å²) in [7, 11) is 0. The monoisotopic (exact) mass is 374 g/mol. The van der Waals surface area contributed by atoms with Crippen LogP contribution in [0.5, 0.6) is 0 Å². The molecule has 26 heavy (non-hydrogen) atoms. The van der Waals surface area contributed by atoms with Crippen molar-refractivity contribution < 1.29 is 9.18 Å². The van der Waals surface area contributed by atoms with Crippen molar-refractivity contribution in [1.82, 2.24) is 20.1 Å². The van der Waals surface area contributed by atoms with Crippen LogP contribution in [0.25, 0.3) is 11.4 Å². The van der Waals surface area contributed by atoms with Gasteiger partial charge in [-0.15, -0.1) is 16.8 Å². The Morgan fingerprint density at radius 1 is 1.31 bits per heavy atom. The molecule has 7 heteroatoms. The van der Waals surface area contributed by atoms with Gasteiger partial charge < -0.3 is 5.32 Å². The molecule has 0 bridgehead atoms. The molecule has 3 rings (SSSR count). The fraction of sp³-hybridized carbons (Fsp3) is 0.421. The summed E-state index contributed by atoms with van der Waals surface area (Å²) < 4.78 is 15.9. The zero-order valence-electron chi connectivity index (χ0n) is 14.7. The third-order valence-corrected chi connectivity index (χ3v) is 5.41. The normalized spacial score (nSPS) is 15.0. The van der Waals surface area contributed by atoms with Crippen LogP contribution in [0, 0.1) is 5.82 Å². The van der Waals surface area contributed by atoms with E-state index in [0.717, 1.165) is 12.8 Å². The molecule has 0 radical (unpaired) electrons. The third kappa shape index (κ3) is 4.52. The van der Waals surface area contributed by atoms with Crippen LogP contribution in [0.4, 0.5) is 4.39 Å². The Morgan fingerprint density at radius 3 is 2.81 bits per heavy atom. The summed E-state index contributed by atoms with van der Waals surface area (Å²) in [5, 5.41) is 12.0. The maximum Gasteiger partial charge on any atom is 0.230 e. The Balaban J connectivity index is 1.69. The lowest BCUT2D eigenvalue weighted by Gasteiger charge is -2.22. The molecule has 1 aromatic carbocycles. The number of nitrogens with one attached hydrogen (secondary N) is 1. The first-order chi connectivity index (χ1) is 12.7. The average Bonchev–Trinajstić information content (AvgIpc) is 3.04. The molecular formula is C19H23FN4OS. The highest BCUT2D eigenvalue weighted by atomic mass is 32.2.